The summed E-state index contributed by atoms with van der Waals surface area (Å²) in [5.41, 5.74) is 0.331. The number of carbonyl (C=O) groups is 2. The summed E-state index contributed by atoms with van der Waals surface area (Å²) < 4.78 is 13.4. The van der Waals surface area contributed by atoms with Crippen LogP contribution in [0.3, 0.4) is 0 Å². The number of amides is 1. The number of nitrogens with one attached hydrogen (secondary N) is 1. The normalized spacial score (nSPS) is 19.2. The molecule has 0 saturated carbocycles. The number of carbonyl (C=O) groups excluding carboxylic acids is 1. The van der Waals surface area contributed by atoms with Crippen LogP contribution in [0.5, 0.6) is 0 Å². The van der Waals surface area contributed by atoms with Crippen molar-refractivity contribution in [1.29, 1.82) is 0 Å². The predicted molar refractivity (Wildman–Crippen MR) is 66.1 cm³/mol. The predicted octanol–water partition coefficient (Wildman–Crippen LogP) is 0.253. The molecule has 0 bridgehead atoms. The zero-order chi connectivity index (χ0) is 13.8. The second kappa shape index (κ2) is 5.79. The number of aliphatic carboxylic acids is 1. The lowest BCUT2D eigenvalue weighted by atomic mass is 10.1. The Balaban J connectivity index is 2.00. The second-order valence-electron chi connectivity index (χ2n) is 4.45. The fraction of sp³-hybridized carbons (Fsp3) is 0.385. The smallest absolute Gasteiger partial charge is 0.322 e. The minimum absolute atomic E-state index is 0.0426. The summed E-state index contributed by atoms with van der Waals surface area (Å²) in [4.78, 5) is 24.4. The van der Waals surface area contributed by atoms with Crippen LogP contribution in [-0.2, 0) is 16.0 Å². The summed E-state index contributed by atoms with van der Waals surface area (Å²) in [5, 5.41) is 11.7. The van der Waals surface area contributed by atoms with E-state index in [1.807, 2.05) is 0 Å². The Morgan fingerprint density at radius 1 is 1.42 bits per heavy atom. The Hall–Kier alpha value is -1.95. The third kappa shape index (κ3) is 3.29. The number of hydrogen-bond donors (Lipinski definition) is 2. The molecule has 0 spiro atoms. The standard InChI is InChI=1S/C13H15FN2O3/c14-10-4-2-1-3-9(10)7-12(17)16-6-5-15-11(8-16)13(18)19/h1-4,11,15H,5-8H2,(H,18,19). The van der Waals surface area contributed by atoms with E-state index >= 15 is 0 Å². The number of nitrogens with zero attached hydrogens (tertiary/aromatic N) is 1. The molecule has 0 aromatic heterocycles. The van der Waals surface area contributed by atoms with Crippen molar-refractivity contribution < 1.29 is 19.1 Å². The molecule has 2 rings (SSSR count). The number of carboxylic acid groups (broad SMARTS) is 1. The van der Waals surface area contributed by atoms with Gasteiger partial charge in [0.1, 0.15) is 11.9 Å². The molecule has 1 unspecified atom stereocenters. The van der Waals surface area contributed by atoms with Gasteiger partial charge in [0, 0.05) is 19.6 Å². The van der Waals surface area contributed by atoms with Gasteiger partial charge >= 0.3 is 5.97 Å². The molecule has 1 fully saturated rings. The first-order valence-electron chi connectivity index (χ1n) is 6.05. The number of piperazine rings is 1. The maximum atomic E-state index is 13.4. The first-order chi connectivity index (χ1) is 9.08. The highest BCUT2D eigenvalue weighted by Crippen LogP contribution is 2.10. The fourth-order valence-electron chi connectivity index (χ4n) is 2.06. The molecule has 1 atom stereocenters. The van der Waals surface area contributed by atoms with Crippen molar-refractivity contribution in [2.45, 2.75) is 12.5 Å². The van der Waals surface area contributed by atoms with Crippen LogP contribution in [0.1, 0.15) is 5.56 Å². The summed E-state index contributed by atoms with van der Waals surface area (Å²) in [6.45, 7) is 0.986. The van der Waals surface area contributed by atoms with Gasteiger partial charge in [-0.1, -0.05) is 18.2 Å². The van der Waals surface area contributed by atoms with Crippen molar-refractivity contribution in [3.05, 3.63) is 35.6 Å². The first-order valence-corrected chi connectivity index (χ1v) is 6.05. The molecule has 1 aliphatic heterocycles. The fourth-order valence-corrected chi connectivity index (χ4v) is 2.06. The van der Waals surface area contributed by atoms with E-state index in [-0.39, 0.29) is 18.9 Å². The minimum Gasteiger partial charge on any atom is -0.480 e. The third-order valence-electron chi connectivity index (χ3n) is 3.13. The van der Waals surface area contributed by atoms with Crippen LogP contribution in [0, 0.1) is 5.82 Å². The second-order valence-corrected chi connectivity index (χ2v) is 4.45. The van der Waals surface area contributed by atoms with E-state index in [1.54, 1.807) is 18.2 Å². The van der Waals surface area contributed by atoms with Gasteiger partial charge in [-0.25, -0.2) is 4.39 Å². The highest BCUT2D eigenvalue weighted by molar-refractivity contribution is 5.81. The van der Waals surface area contributed by atoms with Crippen LogP contribution in [0.15, 0.2) is 24.3 Å². The molecule has 0 aliphatic carbocycles. The van der Waals surface area contributed by atoms with Gasteiger partial charge in [0.25, 0.3) is 0 Å². The van der Waals surface area contributed by atoms with Gasteiger partial charge in [-0.15, -0.1) is 0 Å². The number of halogens is 1. The largest absolute Gasteiger partial charge is 0.480 e. The Kier molecular flexibility index (Phi) is 4.11. The summed E-state index contributed by atoms with van der Waals surface area (Å²) >= 11 is 0. The van der Waals surface area contributed by atoms with Gasteiger partial charge in [0.2, 0.25) is 5.91 Å². The average Bonchev–Trinajstić information content (AvgIpc) is 2.41. The maximum Gasteiger partial charge on any atom is 0.322 e. The molecule has 1 aliphatic rings. The Morgan fingerprint density at radius 3 is 2.84 bits per heavy atom. The van der Waals surface area contributed by atoms with Gasteiger partial charge in [-0.05, 0) is 11.6 Å². The molecule has 1 saturated heterocycles. The lowest BCUT2D eigenvalue weighted by Gasteiger charge is -2.31. The maximum absolute atomic E-state index is 13.4. The molecule has 1 heterocycles. The quantitative estimate of drug-likeness (QED) is 0.823. The van der Waals surface area contributed by atoms with Crippen LogP contribution in [-0.4, -0.2) is 47.6 Å². The van der Waals surface area contributed by atoms with Crippen LogP contribution in [0.2, 0.25) is 0 Å². The van der Waals surface area contributed by atoms with Gasteiger partial charge in [-0.2, -0.15) is 0 Å². The molecular weight excluding hydrogens is 251 g/mol. The number of benzene rings is 1. The number of rotatable bonds is 3. The molecule has 6 heteroatoms. The van der Waals surface area contributed by atoms with Crippen molar-refractivity contribution >= 4 is 11.9 Å². The monoisotopic (exact) mass is 266 g/mol. The summed E-state index contributed by atoms with van der Waals surface area (Å²) in [6, 6.07) is 5.35. The molecule has 1 aromatic rings. The minimum atomic E-state index is -0.983. The zero-order valence-electron chi connectivity index (χ0n) is 10.3. The van der Waals surface area contributed by atoms with Crippen molar-refractivity contribution in [2.24, 2.45) is 0 Å². The third-order valence-corrected chi connectivity index (χ3v) is 3.13. The van der Waals surface area contributed by atoms with Crippen molar-refractivity contribution in [2.75, 3.05) is 19.6 Å². The SMILES string of the molecule is O=C(O)C1CN(C(=O)Cc2ccccc2F)CCN1. The lowest BCUT2D eigenvalue weighted by Crippen LogP contribution is -2.56. The van der Waals surface area contributed by atoms with E-state index in [2.05, 4.69) is 5.32 Å². The van der Waals surface area contributed by atoms with Crippen LogP contribution in [0.25, 0.3) is 0 Å². The Bertz CT molecular complexity index is 493. The van der Waals surface area contributed by atoms with E-state index in [1.165, 1.54) is 11.0 Å². The van der Waals surface area contributed by atoms with Crippen molar-refractivity contribution in [3.63, 3.8) is 0 Å². The molecule has 19 heavy (non-hydrogen) atoms. The van der Waals surface area contributed by atoms with Crippen LogP contribution in [0.4, 0.5) is 4.39 Å². The number of hydrogen-bond acceptors (Lipinski definition) is 3. The Labute approximate surface area is 110 Å². The van der Waals surface area contributed by atoms with E-state index in [4.69, 9.17) is 5.11 Å². The highest BCUT2D eigenvalue weighted by Gasteiger charge is 2.27. The Morgan fingerprint density at radius 2 is 2.16 bits per heavy atom. The molecular formula is C13H15FN2O3. The highest BCUT2D eigenvalue weighted by atomic mass is 19.1. The summed E-state index contributed by atoms with van der Waals surface area (Å²) in [5.74, 6) is -1.65. The van der Waals surface area contributed by atoms with E-state index in [0.717, 1.165) is 0 Å². The van der Waals surface area contributed by atoms with Crippen molar-refractivity contribution in [1.82, 2.24) is 10.2 Å². The van der Waals surface area contributed by atoms with Gasteiger partial charge in [-0.3, -0.25) is 9.59 Å². The van der Waals surface area contributed by atoms with Crippen LogP contribution < -0.4 is 5.32 Å². The van der Waals surface area contributed by atoms with E-state index < -0.39 is 17.8 Å². The molecule has 5 nitrogen and oxygen atoms in total. The van der Waals surface area contributed by atoms with Gasteiger partial charge < -0.3 is 15.3 Å². The zero-order valence-corrected chi connectivity index (χ0v) is 10.3. The average molecular weight is 266 g/mol. The van der Waals surface area contributed by atoms with Crippen molar-refractivity contribution in [3.8, 4) is 0 Å². The molecule has 1 aromatic carbocycles. The molecule has 1 amide bonds. The van der Waals surface area contributed by atoms with Crippen LogP contribution >= 0.6 is 0 Å². The first kappa shape index (κ1) is 13.5. The molecule has 2 N–H and O–H groups in total. The van der Waals surface area contributed by atoms with Gasteiger partial charge in [0.15, 0.2) is 0 Å². The van der Waals surface area contributed by atoms with E-state index in [9.17, 15) is 14.0 Å². The molecule has 102 valence electrons. The summed E-state index contributed by atoms with van der Waals surface area (Å²) in [6.07, 6.45) is -0.0426. The lowest BCUT2D eigenvalue weighted by molar-refractivity contribution is -0.142. The topological polar surface area (TPSA) is 69.6 Å². The van der Waals surface area contributed by atoms with E-state index in [0.29, 0.717) is 18.7 Å². The summed E-state index contributed by atoms with van der Waals surface area (Å²) in [7, 11) is 0. The van der Waals surface area contributed by atoms with Gasteiger partial charge in [0.05, 0.1) is 6.42 Å². The number of carboxylic acids is 1. The molecule has 0 radical (unpaired) electrons.